The van der Waals surface area contributed by atoms with Gasteiger partial charge < -0.3 is 15.1 Å². The van der Waals surface area contributed by atoms with E-state index in [1.54, 1.807) is 12.5 Å². The van der Waals surface area contributed by atoms with Crippen molar-refractivity contribution < 1.29 is 4.42 Å². The normalized spacial score (nSPS) is 14.6. The van der Waals surface area contributed by atoms with Crippen LogP contribution in [0.15, 0.2) is 29.0 Å². The number of aromatic nitrogens is 3. The average Bonchev–Trinajstić information content (AvgIpc) is 3.00. The second-order valence-corrected chi connectivity index (χ2v) is 4.02. The second-order valence-electron chi connectivity index (χ2n) is 4.02. The molecule has 6 heteroatoms. The standard InChI is InChI=1S/C11H13N5O/c1-2-9(17-5-1)6-12-10-7-13-16-11(15-10)14-8-3-4-8/h1-2,5,7-8H,3-4,6H2,(H2,12,14,15,16). The summed E-state index contributed by atoms with van der Waals surface area (Å²) in [5, 5.41) is 14.2. The van der Waals surface area contributed by atoms with E-state index in [0.717, 1.165) is 5.76 Å². The van der Waals surface area contributed by atoms with E-state index in [9.17, 15) is 0 Å². The zero-order chi connectivity index (χ0) is 11.5. The van der Waals surface area contributed by atoms with Crippen LogP contribution in [0.4, 0.5) is 11.8 Å². The fourth-order valence-corrected chi connectivity index (χ4v) is 1.45. The molecular formula is C11H13N5O. The molecule has 0 aromatic carbocycles. The first kappa shape index (κ1) is 10.1. The van der Waals surface area contributed by atoms with Crippen molar-refractivity contribution >= 4 is 11.8 Å². The Morgan fingerprint density at radius 3 is 3.12 bits per heavy atom. The maximum atomic E-state index is 5.22. The van der Waals surface area contributed by atoms with E-state index in [0.29, 0.717) is 24.4 Å². The lowest BCUT2D eigenvalue weighted by Crippen LogP contribution is -2.09. The van der Waals surface area contributed by atoms with Crippen molar-refractivity contribution in [2.45, 2.75) is 25.4 Å². The summed E-state index contributed by atoms with van der Waals surface area (Å²) >= 11 is 0. The van der Waals surface area contributed by atoms with Crippen LogP contribution >= 0.6 is 0 Å². The molecule has 1 aliphatic carbocycles. The lowest BCUT2D eigenvalue weighted by Gasteiger charge is -2.05. The van der Waals surface area contributed by atoms with E-state index in [1.807, 2.05) is 12.1 Å². The van der Waals surface area contributed by atoms with Crippen LogP contribution in [-0.4, -0.2) is 21.2 Å². The van der Waals surface area contributed by atoms with E-state index >= 15 is 0 Å². The molecule has 88 valence electrons. The Kier molecular flexibility index (Phi) is 2.61. The molecule has 0 aliphatic heterocycles. The van der Waals surface area contributed by atoms with Gasteiger partial charge in [0.25, 0.3) is 0 Å². The SMILES string of the molecule is c1coc(CNc2cnnc(NC3CC3)n2)c1. The minimum absolute atomic E-state index is 0.525. The van der Waals surface area contributed by atoms with Crippen molar-refractivity contribution in [3.05, 3.63) is 30.4 Å². The summed E-state index contributed by atoms with van der Waals surface area (Å²) in [6.45, 7) is 0.592. The van der Waals surface area contributed by atoms with E-state index in [2.05, 4.69) is 25.8 Å². The van der Waals surface area contributed by atoms with Crippen molar-refractivity contribution in [3.63, 3.8) is 0 Å². The highest BCUT2D eigenvalue weighted by Crippen LogP contribution is 2.22. The highest BCUT2D eigenvalue weighted by atomic mass is 16.3. The first-order chi connectivity index (χ1) is 8.40. The molecule has 17 heavy (non-hydrogen) atoms. The van der Waals surface area contributed by atoms with Gasteiger partial charge >= 0.3 is 0 Å². The van der Waals surface area contributed by atoms with Gasteiger partial charge in [0.1, 0.15) is 5.76 Å². The fourth-order valence-electron chi connectivity index (χ4n) is 1.45. The third-order valence-corrected chi connectivity index (χ3v) is 2.49. The molecule has 2 aromatic heterocycles. The first-order valence-corrected chi connectivity index (χ1v) is 5.63. The summed E-state index contributed by atoms with van der Waals surface area (Å²) in [6, 6.07) is 4.29. The average molecular weight is 231 g/mol. The van der Waals surface area contributed by atoms with Crippen LogP contribution in [0.3, 0.4) is 0 Å². The van der Waals surface area contributed by atoms with Gasteiger partial charge in [-0.3, -0.25) is 0 Å². The summed E-state index contributed by atoms with van der Waals surface area (Å²) in [6.07, 6.45) is 5.62. The predicted molar refractivity (Wildman–Crippen MR) is 62.5 cm³/mol. The Labute approximate surface area is 98.5 Å². The Hall–Kier alpha value is -2.11. The third-order valence-electron chi connectivity index (χ3n) is 2.49. The number of furan rings is 1. The Morgan fingerprint density at radius 1 is 1.41 bits per heavy atom. The minimum Gasteiger partial charge on any atom is -0.467 e. The Morgan fingerprint density at radius 2 is 2.35 bits per heavy atom. The van der Waals surface area contributed by atoms with Crippen molar-refractivity contribution in [1.29, 1.82) is 0 Å². The minimum atomic E-state index is 0.525. The van der Waals surface area contributed by atoms with Crippen LogP contribution < -0.4 is 10.6 Å². The lowest BCUT2D eigenvalue weighted by molar-refractivity contribution is 0.517. The first-order valence-electron chi connectivity index (χ1n) is 5.63. The molecule has 1 saturated carbocycles. The molecule has 0 unspecified atom stereocenters. The number of anilines is 2. The Bertz CT molecular complexity index is 480. The molecule has 1 aliphatic rings. The molecule has 2 N–H and O–H groups in total. The van der Waals surface area contributed by atoms with Crippen molar-refractivity contribution in [3.8, 4) is 0 Å². The van der Waals surface area contributed by atoms with Crippen molar-refractivity contribution in [2.24, 2.45) is 0 Å². The molecule has 2 aromatic rings. The van der Waals surface area contributed by atoms with Gasteiger partial charge in [0.05, 0.1) is 19.0 Å². The highest BCUT2D eigenvalue weighted by Gasteiger charge is 2.22. The van der Waals surface area contributed by atoms with Gasteiger partial charge in [0, 0.05) is 6.04 Å². The summed E-state index contributed by atoms with van der Waals surface area (Å²) in [7, 11) is 0. The molecule has 0 saturated heterocycles. The number of rotatable bonds is 5. The lowest BCUT2D eigenvalue weighted by atomic mass is 10.4. The third kappa shape index (κ3) is 2.72. The van der Waals surface area contributed by atoms with Gasteiger partial charge in [-0.2, -0.15) is 10.1 Å². The molecule has 1 fully saturated rings. The summed E-state index contributed by atoms with van der Waals surface area (Å²) in [5.41, 5.74) is 0. The van der Waals surface area contributed by atoms with Crippen LogP contribution in [0.25, 0.3) is 0 Å². The largest absolute Gasteiger partial charge is 0.467 e. The van der Waals surface area contributed by atoms with Crippen molar-refractivity contribution in [1.82, 2.24) is 15.2 Å². The topological polar surface area (TPSA) is 75.9 Å². The summed E-state index contributed by atoms with van der Waals surface area (Å²) < 4.78 is 5.22. The number of nitrogens with one attached hydrogen (secondary N) is 2. The molecule has 0 bridgehead atoms. The maximum absolute atomic E-state index is 5.22. The van der Waals surface area contributed by atoms with Crippen LogP contribution in [-0.2, 0) is 6.54 Å². The molecule has 2 heterocycles. The van der Waals surface area contributed by atoms with Crippen LogP contribution in [0, 0.1) is 0 Å². The highest BCUT2D eigenvalue weighted by molar-refractivity contribution is 5.38. The Balaban J connectivity index is 1.61. The van der Waals surface area contributed by atoms with Gasteiger partial charge in [0.2, 0.25) is 5.95 Å². The smallest absolute Gasteiger partial charge is 0.244 e. The number of nitrogens with zero attached hydrogens (tertiary/aromatic N) is 3. The fraction of sp³-hybridized carbons (Fsp3) is 0.364. The van der Waals surface area contributed by atoms with E-state index < -0.39 is 0 Å². The van der Waals surface area contributed by atoms with E-state index in [1.165, 1.54) is 12.8 Å². The second kappa shape index (κ2) is 4.40. The zero-order valence-electron chi connectivity index (χ0n) is 9.26. The van der Waals surface area contributed by atoms with Gasteiger partial charge in [0.15, 0.2) is 5.82 Å². The van der Waals surface area contributed by atoms with Gasteiger partial charge in [-0.05, 0) is 25.0 Å². The summed E-state index contributed by atoms with van der Waals surface area (Å²) in [4.78, 5) is 4.31. The number of hydrogen-bond acceptors (Lipinski definition) is 6. The van der Waals surface area contributed by atoms with Gasteiger partial charge in [-0.15, -0.1) is 5.10 Å². The van der Waals surface area contributed by atoms with Gasteiger partial charge in [-0.1, -0.05) is 0 Å². The molecule has 3 rings (SSSR count). The monoisotopic (exact) mass is 231 g/mol. The van der Waals surface area contributed by atoms with Crippen LogP contribution in [0.5, 0.6) is 0 Å². The molecular weight excluding hydrogens is 218 g/mol. The quantitative estimate of drug-likeness (QED) is 0.814. The zero-order valence-corrected chi connectivity index (χ0v) is 9.26. The van der Waals surface area contributed by atoms with E-state index in [4.69, 9.17) is 4.42 Å². The van der Waals surface area contributed by atoms with Crippen LogP contribution in [0.1, 0.15) is 18.6 Å². The molecule has 0 radical (unpaired) electrons. The molecule has 0 atom stereocenters. The van der Waals surface area contributed by atoms with Crippen LogP contribution in [0.2, 0.25) is 0 Å². The molecule has 0 amide bonds. The van der Waals surface area contributed by atoms with E-state index in [-0.39, 0.29) is 0 Å². The molecule has 0 spiro atoms. The molecule has 6 nitrogen and oxygen atoms in total. The summed E-state index contributed by atoms with van der Waals surface area (Å²) in [5.74, 6) is 2.14. The maximum Gasteiger partial charge on any atom is 0.244 e. The predicted octanol–water partition coefficient (Wildman–Crippen LogP) is 1.65. The number of hydrogen-bond donors (Lipinski definition) is 2. The van der Waals surface area contributed by atoms with Crippen molar-refractivity contribution in [2.75, 3.05) is 10.6 Å². The van der Waals surface area contributed by atoms with Gasteiger partial charge in [-0.25, -0.2) is 0 Å².